The zero-order valence-electron chi connectivity index (χ0n) is 11.5. The second-order valence-electron chi connectivity index (χ2n) is 5.59. The van der Waals surface area contributed by atoms with Crippen LogP contribution >= 0.6 is 0 Å². The first-order valence-corrected chi connectivity index (χ1v) is 6.61. The molecule has 4 heteroatoms. The summed E-state index contributed by atoms with van der Waals surface area (Å²) in [6.07, 6.45) is -0.291. The molecule has 1 atom stereocenters. The van der Waals surface area contributed by atoms with Crippen molar-refractivity contribution in [2.75, 3.05) is 32.8 Å². The van der Waals surface area contributed by atoms with Crippen molar-refractivity contribution in [1.29, 1.82) is 0 Å². The number of carbonyl (C=O) groups is 1. The van der Waals surface area contributed by atoms with Gasteiger partial charge in [-0.2, -0.15) is 0 Å². The first-order valence-electron chi connectivity index (χ1n) is 6.61. The van der Waals surface area contributed by atoms with Crippen molar-refractivity contribution in [1.82, 2.24) is 10.2 Å². The fraction of sp³-hybridized carbons (Fsp3) is 0.923. The molecular weight excluding hydrogens is 216 g/mol. The van der Waals surface area contributed by atoms with E-state index in [1.54, 1.807) is 0 Å². The van der Waals surface area contributed by atoms with Crippen LogP contribution in [0.15, 0.2) is 0 Å². The normalized spacial score (nSPS) is 20.9. The monoisotopic (exact) mass is 242 g/mol. The van der Waals surface area contributed by atoms with Crippen LogP contribution in [-0.4, -0.2) is 49.7 Å². The minimum atomic E-state index is -0.291. The molecule has 0 aliphatic carbocycles. The molecule has 4 nitrogen and oxygen atoms in total. The van der Waals surface area contributed by atoms with Crippen LogP contribution in [0.25, 0.3) is 0 Å². The van der Waals surface area contributed by atoms with Crippen LogP contribution in [0.2, 0.25) is 0 Å². The lowest BCUT2D eigenvalue weighted by molar-refractivity contribution is -0.146. The van der Waals surface area contributed by atoms with Crippen LogP contribution in [0, 0.1) is 11.8 Å². The number of carbonyl (C=O) groups excluding carboxylic acids is 1. The van der Waals surface area contributed by atoms with Gasteiger partial charge in [0.05, 0.1) is 6.61 Å². The summed E-state index contributed by atoms with van der Waals surface area (Å²) in [6, 6.07) is 0. The maximum atomic E-state index is 12.3. The number of rotatable bonds is 5. The second-order valence-corrected chi connectivity index (χ2v) is 5.59. The Hall–Kier alpha value is -0.610. The summed E-state index contributed by atoms with van der Waals surface area (Å²) in [6.45, 7) is 12.3. The SMILES string of the molecule is CC(C)CN(CC(C)C)C(=O)C1CNCCO1. The van der Waals surface area contributed by atoms with E-state index in [2.05, 4.69) is 33.0 Å². The second kappa shape index (κ2) is 6.97. The molecule has 0 aromatic heterocycles. The predicted octanol–water partition coefficient (Wildman–Crippen LogP) is 1.12. The Bertz CT molecular complexity index is 226. The van der Waals surface area contributed by atoms with Crippen molar-refractivity contribution in [3.63, 3.8) is 0 Å². The Morgan fingerprint density at radius 2 is 1.88 bits per heavy atom. The number of nitrogens with zero attached hydrogens (tertiary/aromatic N) is 1. The molecule has 0 spiro atoms. The first-order chi connectivity index (χ1) is 8.00. The fourth-order valence-corrected chi connectivity index (χ4v) is 2.06. The van der Waals surface area contributed by atoms with Crippen LogP contribution in [-0.2, 0) is 9.53 Å². The first kappa shape index (κ1) is 14.5. The molecule has 0 bridgehead atoms. The quantitative estimate of drug-likeness (QED) is 0.785. The molecule has 17 heavy (non-hydrogen) atoms. The lowest BCUT2D eigenvalue weighted by Gasteiger charge is -2.32. The molecule has 1 heterocycles. The molecule has 1 saturated heterocycles. The third-order valence-electron chi connectivity index (χ3n) is 2.69. The highest BCUT2D eigenvalue weighted by Crippen LogP contribution is 2.09. The van der Waals surface area contributed by atoms with Crippen molar-refractivity contribution < 1.29 is 9.53 Å². The largest absolute Gasteiger partial charge is 0.366 e. The minimum Gasteiger partial charge on any atom is -0.366 e. The molecule has 0 aromatic rings. The van der Waals surface area contributed by atoms with Gasteiger partial charge in [-0.05, 0) is 11.8 Å². The van der Waals surface area contributed by atoms with Gasteiger partial charge in [0, 0.05) is 26.2 Å². The number of amides is 1. The predicted molar refractivity (Wildman–Crippen MR) is 68.9 cm³/mol. The lowest BCUT2D eigenvalue weighted by atomic mass is 10.1. The molecule has 1 N–H and O–H groups in total. The number of hydrogen-bond donors (Lipinski definition) is 1. The molecule has 0 radical (unpaired) electrons. The van der Waals surface area contributed by atoms with Crippen LogP contribution in [0.4, 0.5) is 0 Å². The highest BCUT2D eigenvalue weighted by Gasteiger charge is 2.27. The summed E-state index contributed by atoms with van der Waals surface area (Å²) in [4.78, 5) is 14.3. The van der Waals surface area contributed by atoms with Gasteiger partial charge in [-0.25, -0.2) is 0 Å². The van der Waals surface area contributed by atoms with E-state index in [1.807, 2.05) is 4.90 Å². The van der Waals surface area contributed by atoms with Gasteiger partial charge in [0.2, 0.25) is 0 Å². The van der Waals surface area contributed by atoms with Crippen molar-refractivity contribution in [3.05, 3.63) is 0 Å². The van der Waals surface area contributed by atoms with Gasteiger partial charge >= 0.3 is 0 Å². The van der Waals surface area contributed by atoms with Crippen molar-refractivity contribution in [3.8, 4) is 0 Å². The number of ether oxygens (including phenoxy) is 1. The molecule has 1 rings (SSSR count). The average molecular weight is 242 g/mol. The molecule has 100 valence electrons. The van der Waals surface area contributed by atoms with E-state index in [-0.39, 0.29) is 12.0 Å². The van der Waals surface area contributed by atoms with E-state index in [9.17, 15) is 4.79 Å². The molecular formula is C13H26N2O2. The Morgan fingerprint density at radius 3 is 2.29 bits per heavy atom. The summed E-state index contributed by atoms with van der Waals surface area (Å²) >= 11 is 0. The highest BCUT2D eigenvalue weighted by molar-refractivity contribution is 5.81. The highest BCUT2D eigenvalue weighted by atomic mass is 16.5. The van der Waals surface area contributed by atoms with Crippen LogP contribution in [0.3, 0.4) is 0 Å². The van der Waals surface area contributed by atoms with Gasteiger partial charge in [0.15, 0.2) is 0 Å². The lowest BCUT2D eigenvalue weighted by Crippen LogP contribution is -2.51. The van der Waals surface area contributed by atoms with E-state index in [1.165, 1.54) is 0 Å². The van der Waals surface area contributed by atoms with Gasteiger partial charge in [0.25, 0.3) is 5.91 Å². The summed E-state index contributed by atoms with van der Waals surface area (Å²) in [7, 11) is 0. The molecule has 0 aromatic carbocycles. The Morgan fingerprint density at radius 1 is 1.29 bits per heavy atom. The smallest absolute Gasteiger partial charge is 0.253 e. The maximum absolute atomic E-state index is 12.3. The molecule has 1 aliphatic heterocycles. The van der Waals surface area contributed by atoms with E-state index in [0.717, 1.165) is 19.6 Å². The number of hydrogen-bond acceptors (Lipinski definition) is 3. The maximum Gasteiger partial charge on any atom is 0.253 e. The summed E-state index contributed by atoms with van der Waals surface area (Å²) < 4.78 is 5.53. The number of morpholine rings is 1. The summed E-state index contributed by atoms with van der Waals surface area (Å²) in [5.74, 6) is 1.13. The van der Waals surface area contributed by atoms with Crippen molar-refractivity contribution >= 4 is 5.91 Å². The minimum absolute atomic E-state index is 0.139. The van der Waals surface area contributed by atoms with E-state index < -0.39 is 0 Å². The molecule has 1 unspecified atom stereocenters. The van der Waals surface area contributed by atoms with Crippen LogP contribution in [0.1, 0.15) is 27.7 Å². The fourth-order valence-electron chi connectivity index (χ4n) is 2.06. The van der Waals surface area contributed by atoms with Gasteiger partial charge in [-0.3, -0.25) is 4.79 Å². The molecule has 1 aliphatic rings. The Labute approximate surface area is 105 Å². The zero-order chi connectivity index (χ0) is 12.8. The zero-order valence-corrected chi connectivity index (χ0v) is 11.5. The Kier molecular flexibility index (Phi) is 5.92. The van der Waals surface area contributed by atoms with Gasteiger partial charge in [0.1, 0.15) is 6.10 Å². The van der Waals surface area contributed by atoms with Gasteiger partial charge < -0.3 is 15.0 Å². The third-order valence-corrected chi connectivity index (χ3v) is 2.69. The van der Waals surface area contributed by atoms with E-state index in [0.29, 0.717) is 25.0 Å². The van der Waals surface area contributed by atoms with E-state index in [4.69, 9.17) is 4.74 Å². The third kappa shape index (κ3) is 5.04. The Balaban J connectivity index is 2.56. The van der Waals surface area contributed by atoms with E-state index >= 15 is 0 Å². The average Bonchev–Trinajstić information content (AvgIpc) is 2.27. The van der Waals surface area contributed by atoms with Crippen LogP contribution < -0.4 is 5.32 Å². The summed E-state index contributed by atoms with van der Waals surface area (Å²) in [5, 5.41) is 3.20. The van der Waals surface area contributed by atoms with Crippen molar-refractivity contribution in [2.24, 2.45) is 11.8 Å². The van der Waals surface area contributed by atoms with Gasteiger partial charge in [-0.15, -0.1) is 0 Å². The standard InChI is InChI=1S/C13H26N2O2/c1-10(2)8-15(9-11(3)4)13(16)12-7-14-5-6-17-12/h10-12,14H,5-9H2,1-4H3. The van der Waals surface area contributed by atoms with Crippen LogP contribution in [0.5, 0.6) is 0 Å². The van der Waals surface area contributed by atoms with Crippen molar-refractivity contribution in [2.45, 2.75) is 33.8 Å². The topological polar surface area (TPSA) is 41.6 Å². The molecule has 1 amide bonds. The number of nitrogens with one attached hydrogen (secondary N) is 1. The molecule has 1 fully saturated rings. The molecule has 0 saturated carbocycles. The van der Waals surface area contributed by atoms with Gasteiger partial charge in [-0.1, -0.05) is 27.7 Å². The summed E-state index contributed by atoms with van der Waals surface area (Å²) in [5.41, 5.74) is 0.